The Morgan fingerprint density at radius 1 is 1.55 bits per heavy atom. The number of rotatable bonds is 4. The van der Waals surface area contributed by atoms with Crippen LogP contribution in [0.5, 0.6) is 0 Å². The number of hydrogen-bond acceptors (Lipinski definition) is 1. The molecule has 0 N–H and O–H groups in total. The fraction of sp³-hybridized carbons (Fsp3) is 1.00. The quantitative estimate of drug-likeness (QED) is 0.663. The maximum Gasteiger partial charge on any atom is 0.0611 e. The van der Waals surface area contributed by atoms with Crippen molar-refractivity contribution in [1.29, 1.82) is 0 Å². The molecule has 1 aliphatic carbocycles. The van der Waals surface area contributed by atoms with Crippen molar-refractivity contribution in [2.75, 3.05) is 11.9 Å². The standard InChI is InChI=1S/C9H17BrO/c1-3-11-8(2)9(7-10)5-4-6-9/h8H,3-7H2,1-2H3. The van der Waals surface area contributed by atoms with Crippen molar-refractivity contribution in [3.05, 3.63) is 0 Å². The SMILES string of the molecule is CCOC(C)C1(CBr)CCC1. The summed E-state index contributed by atoms with van der Waals surface area (Å²) in [6.45, 7) is 5.11. The smallest absolute Gasteiger partial charge is 0.0611 e. The van der Waals surface area contributed by atoms with Crippen LogP contribution in [0.4, 0.5) is 0 Å². The van der Waals surface area contributed by atoms with E-state index >= 15 is 0 Å². The molecule has 1 fully saturated rings. The first-order valence-corrected chi connectivity index (χ1v) is 5.55. The molecule has 66 valence electrons. The van der Waals surface area contributed by atoms with Gasteiger partial charge in [0.2, 0.25) is 0 Å². The van der Waals surface area contributed by atoms with E-state index in [0.717, 1.165) is 11.9 Å². The zero-order valence-electron chi connectivity index (χ0n) is 7.40. The summed E-state index contributed by atoms with van der Waals surface area (Å²) in [4.78, 5) is 0. The minimum absolute atomic E-state index is 0.431. The first-order valence-electron chi connectivity index (χ1n) is 4.43. The minimum Gasteiger partial charge on any atom is -0.378 e. The van der Waals surface area contributed by atoms with Gasteiger partial charge in [-0.05, 0) is 26.7 Å². The van der Waals surface area contributed by atoms with Crippen LogP contribution < -0.4 is 0 Å². The van der Waals surface area contributed by atoms with Crippen LogP contribution in [0.2, 0.25) is 0 Å². The van der Waals surface area contributed by atoms with E-state index in [9.17, 15) is 0 Å². The van der Waals surface area contributed by atoms with E-state index in [1.165, 1.54) is 19.3 Å². The van der Waals surface area contributed by atoms with E-state index in [2.05, 4.69) is 29.8 Å². The van der Waals surface area contributed by atoms with Gasteiger partial charge in [-0.3, -0.25) is 0 Å². The van der Waals surface area contributed by atoms with Gasteiger partial charge < -0.3 is 4.74 Å². The van der Waals surface area contributed by atoms with Crippen LogP contribution in [0.1, 0.15) is 33.1 Å². The number of alkyl halides is 1. The van der Waals surface area contributed by atoms with E-state index in [-0.39, 0.29) is 0 Å². The van der Waals surface area contributed by atoms with Crippen molar-refractivity contribution in [3.63, 3.8) is 0 Å². The van der Waals surface area contributed by atoms with E-state index < -0.39 is 0 Å². The number of halogens is 1. The Bertz CT molecular complexity index is 115. The van der Waals surface area contributed by atoms with Crippen molar-refractivity contribution in [2.24, 2.45) is 5.41 Å². The summed E-state index contributed by atoms with van der Waals surface area (Å²) in [5.74, 6) is 0. The lowest BCUT2D eigenvalue weighted by Gasteiger charge is -2.45. The Kier molecular flexibility index (Phi) is 3.38. The average molecular weight is 221 g/mol. The molecule has 1 atom stereocenters. The van der Waals surface area contributed by atoms with Crippen LogP contribution in [0.3, 0.4) is 0 Å². The minimum atomic E-state index is 0.431. The fourth-order valence-electron chi connectivity index (χ4n) is 1.71. The van der Waals surface area contributed by atoms with Crippen molar-refractivity contribution in [3.8, 4) is 0 Å². The summed E-state index contributed by atoms with van der Waals surface area (Å²) >= 11 is 3.57. The molecule has 1 aliphatic rings. The molecule has 1 saturated carbocycles. The second-order valence-corrected chi connectivity index (χ2v) is 4.01. The second-order valence-electron chi connectivity index (χ2n) is 3.45. The highest BCUT2D eigenvalue weighted by Gasteiger charge is 2.41. The largest absolute Gasteiger partial charge is 0.378 e. The van der Waals surface area contributed by atoms with Crippen molar-refractivity contribution in [2.45, 2.75) is 39.2 Å². The van der Waals surface area contributed by atoms with Gasteiger partial charge in [-0.2, -0.15) is 0 Å². The Balaban J connectivity index is 2.40. The van der Waals surface area contributed by atoms with Gasteiger partial charge in [-0.1, -0.05) is 22.4 Å². The molecule has 1 unspecified atom stereocenters. The predicted molar refractivity (Wildman–Crippen MR) is 51.2 cm³/mol. The zero-order chi connectivity index (χ0) is 8.32. The average Bonchev–Trinajstić information content (AvgIpc) is 1.87. The fourth-order valence-corrected chi connectivity index (χ4v) is 2.72. The summed E-state index contributed by atoms with van der Waals surface area (Å²) in [7, 11) is 0. The summed E-state index contributed by atoms with van der Waals surface area (Å²) in [6.07, 6.45) is 4.47. The maximum absolute atomic E-state index is 5.61. The lowest BCUT2D eigenvalue weighted by molar-refractivity contribution is -0.0522. The number of ether oxygens (including phenoxy) is 1. The van der Waals surface area contributed by atoms with Crippen molar-refractivity contribution < 1.29 is 4.74 Å². The van der Waals surface area contributed by atoms with Crippen molar-refractivity contribution in [1.82, 2.24) is 0 Å². The van der Waals surface area contributed by atoms with Gasteiger partial charge in [0.25, 0.3) is 0 Å². The second kappa shape index (κ2) is 3.90. The van der Waals surface area contributed by atoms with Gasteiger partial charge in [0, 0.05) is 17.4 Å². The molecule has 0 aliphatic heterocycles. The topological polar surface area (TPSA) is 9.23 Å². The lowest BCUT2D eigenvalue weighted by Crippen LogP contribution is -2.42. The molecule has 0 bridgehead atoms. The monoisotopic (exact) mass is 220 g/mol. The van der Waals surface area contributed by atoms with Crippen LogP contribution in [-0.2, 0) is 4.74 Å². The van der Waals surface area contributed by atoms with Crippen molar-refractivity contribution >= 4 is 15.9 Å². The third-order valence-corrected chi connectivity index (χ3v) is 4.01. The molecule has 0 spiro atoms. The zero-order valence-corrected chi connectivity index (χ0v) is 8.99. The van der Waals surface area contributed by atoms with E-state index in [1.807, 2.05) is 0 Å². The molecule has 11 heavy (non-hydrogen) atoms. The highest BCUT2D eigenvalue weighted by Crippen LogP contribution is 2.46. The maximum atomic E-state index is 5.61. The van der Waals surface area contributed by atoms with Crippen LogP contribution >= 0.6 is 15.9 Å². The molecule has 2 heteroatoms. The number of hydrogen-bond donors (Lipinski definition) is 0. The highest BCUT2D eigenvalue weighted by atomic mass is 79.9. The van der Waals surface area contributed by atoms with Gasteiger partial charge in [0.15, 0.2) is 0 Å². The summed E-state index contributed by atoms with van der Waals surface area (Å²) < 4.78 is 5.61. The molecule has 0 aromatic rings. The summed E-state index contributed by atoms with van der Waals surface area (Å²) in [5.41, 5.74) is 0.468. The lowest BCUT2D eigenvalue weighted by atomic mass is 9.67. The third kappa shape index (κ3) is 1.78. The normalized spacial score (nSPS) is 24.3. The molecular formula is C9H17BrO. The van der Waals surface area contributed by atoms with E-state index in [0.29, 0.717) is 11.5 Å². The molecule has 0 heterocycles. The molecule has 0 radical (unpaired) electrons. The van der Waals surface area contributed by atoms with Crippen LogP contribution in [0, 0.1) is 5.41 Å². The first kappa shape index (κ1) is 9.53. The van der Waals surface area contributed by atoms with Gasteiger partial charge in [-0.15, -0.1) is 0 Å². The predicted octanol–water partition coefficient (Wildman–Crippen LogP) is 2.98. The molecule has 1 nitrogen and oxygen atoms in total. The summed E-state index contributed by atoms with van der Waals surface area (Å²) in [5, 5.41) is 1.10. The Morgan fingerprint density at radius 2 is 2.18 bits per heavy atom. The molecule has 0 saturated heterocycles. The highest BCUT2D eigenvalue weighted by molar-refractivity contribution is 9.09. The molecule has 1 rings (SSSR count). The molecular weight excluding hydrogens is 204 g/mol. The van der Waals surface area contributed by atoms with Crippen LogP contribution in [-0.4, -0.2) is 18.0 Å². The molecule has 0 amide bonds. The Hall–Kier alpha value is 0.440. The van der Waals surface area contributed by atoms with Gasteiger partial charge >= 0.3 is 0 Å². The summed E-state index contributed by atoms with van der Waals surface area (Å²) in [6, 6.07) is 0. The van der Waals surface area contributed by atoms with Gasteiger partial charge in [-0.25, -0.2) is 0 Å². The Labute approximate surface area is 77.6 Å². The van der Waals surface area contributed by atoms with Crippen LogP contribution in [0.25, 0.3) is 0 Å². The molecule has 0 aromatic heterocycles. The third-order valence-electron chi connectivity index (χ3n) is 2.89. The Morgan fingerprint density at radius 3 is 2.45 bits per heavy atom. The van der Waals surface area contributed by atoms with E-state index in [1.54, 1.807) is 0 Å². The van der Waals surface area contributed by atoms with Gasteiger partial charge in [0.1, 0.15) is 0 Å². The molecule has 0 aromatic carbocycles. The first-order chi connectivity index (χ1) is 5.25. The van der Waals surface area contributed by atoms with Crippen LogP contribution in [0.15, 0.2) is 0 Å². The van der Waals surface area contributed by atoms with Gasteiger partial charge in [0.05, 0.1) is 6.10 Å². The van der Waals surface area contributed by atoms with E-state index in [4.69, 9.17) is 4.74 Å².